The SMILES string of the molecule is CCCN(C)C1Cc2ccccc2C1NCC. The lowest BCUT2D eigenvalue weighted by Gasteiger charge is -2.30. The van der Waals surface area contributed by atoms with Gasteiger partial charge in [0.1, 0.15) is 0 Å². The summed E-state index contributed by atoms with van der Waals surface area (Å²) in [5, 5.41) is 3.65. The third-order valence-electron chi connectivity index (χ3n) is 3.77. The highest BCUT2D eigenvalue weighted by Crippen LogP contribution is 2.33. The van der Waals surface area contributed by atoms with Gasteiger partial charge in [-0.15, -0.1) is 0 Å². The lowest BCUT2D eigenvalue weighted by atomic mass is 10.1. The molecule has 0 fully saturated rings. The largest absolute Gasteiger partial charge is 0.309 e. The average Bonchev–Trinajstić information content (AvgIpc) is 2.70. The fraction of sp³-hybridized carbons (Fsp3) is 0.600. The van der Waals surface area contributed by atoms with Gasteiger partial charge in [-0.3, -0.25) is 0 Å². The standard InChI is InChI=1S/C15H24N2/c1-4-10-17(3)14-11-12-8-6-7-9-13(12)15(14)16-5-2/h6-9,14-16H,4-5,10-11H2,1-3H3. The van der Waals surface area contributed by atoms with E-state index in [4.69, 9.17) is 0 Å². The molecule has 0 heterocycles. The highest BCUT2D eigenvalue weighted by Gasteiger charge is 2.33. The second kappa shape index (κ2) is 5.65. The van der Waals surface area contributed by atoms with Crippen molar-refractivity contribution in [1.29, 1.82) is 0 Å². The van der Waals surface area contributed by atoms with Crippen molar-refractivity contribution in [2.45, 2.75) is 38.8 Å². The molecule has 2 unspecified atom stereocenters. The lowest BCUT2D eigenvalue weighted by Crippen LogP contribution is -2.41. The summed E-state index contributed by atoms with van der Waals surface area (Å²) in [4.78, 5) is 2.51. The van der Waals surface area contributed by atoms with E-state index in [0.29, 0.717) is 12.1 Å². The highest BCUT2D eigenvalue weighted by atomic mass is 15.2. The van der Waals surface area contributed by atoms with E-state index in [-0.39, 0.29) is 0 Å². The predicted molar refractivity (Wildman–Crippen MR) is 73.3 cm³/mol. The van der Waals surface area contributed by atoms with E-state index < -0.39 is 0 Å². The van der Waals surface area contributed by atoms with E-state index in [9.17, 15) is 0 Å². The average molecular weight is 232 g/mol. The van der Waals surface area contributed by atoms with E-state index in [2.05, 4.69) is 55.4 Å². The summed E-state index contributed by atoms with van der Waals surface area (Å²) >= 11 is 0. The molecule has 0 aromatic heterocycles. The number of likely N-dealkylation sites (N-methyl/N-ethyl adjacent to an activating group) is 2. The molecule has 0 amide bonds. The second-order valence-electron chi connectivity index (χ2n) is 4.99. The van der Waals surface area contributed by atoms with Crippen molar-refractivity contribution in [3.8, 4) is 0 Å². The maximum absolute atomic E-state index is 3.65. The van der Waals surface area contributed by atoms with Crippen molar-refractivity contribution in [3.63, 3.8) is 0 Å². The molecule has 0 aliphatic heterocycles. The first kappa shape index (κ1) is 12.6. The minimum Gasteiger partial charge on any atom is -0.309 e. The smallest absolute Gasteiger partial charge is 0.0483 e. The van der Waals surface area contributed by atoms with Crippen LogP contribution in [0.3, 0.4) is 0 Å². The van der Waals surface area contributed by atoms with Gasteiger partial charge in [0.05, 0.1) is 0 Å². The van der Waals surface area contributed by atoms with Crippen molar-refractivity contribution < 1.29 is 0 Å². The molecular weight excluding hydrogens is 208 g/mol. The molecule has 0 saturated heterocycles. The van der Waals surface area contributed by atoms with Crippen LogP contribution in [-0.2, 0) is 6.42 Å². The van der Waals surface area contributed by atoms with Crippen LogP contribution in [0.25, 0.3) is 0 Å². The van der Waals surface area contributed by atoms with Crippen LogP contribution in [0.1, 0.15) is 37.4 Å². The van der Waals surface area contributed by atoms with Crippen LogP contribution in [0.15, 0.2) is 24.3 Å². The van der Waals surface area contributed by atoms with E-state index >= 15 is 0 Å². The van der Waals surface area contributed by atoms with Crippen molar-refractivity contribution in [1.82, 2.24) is 10.2 Å². The first-order valence-electron chi connectivity index (χ1n) is 6.79. The molecule has 2 atom stereocenters. The number of hydrogen-bond acceptors (Lipinski definition) is 2. The van der Waals surface area contributed by atoms with Crippen LogP contribution in [0.5, 0.6) is 0 Å². The van der Waals surface area contributed by atoms with Crippen molar-refractivity contribution in [2.75, 3.05) is 20.1 Å². The molecule has 1 aromatic rings. The van der Waals surface area contributed by atoms with Gasteiger partial charge >= 0.3 is 0 Å². The molecule has 1 aliphatic rings. The Bertz CT molecular complexity index is 362. The summed E-state index contributed by atoms with van der Waals surface area (Å²) in [6, 6.07) is 10.00. The molecule has 0 bridgehead atoms. The van der Waals surface area contributed by atoms with E-state index in [1.807, 2.05) is 0 Å². The second-order valence-corrected chi connectivity index (χ2v) is 4.99. The zero-order chi connectivity index (χ0) is 12.3. The van der Waals surface area contributed by atoms with Gasteiger partial charge in [-0.2, -0.15) is 0 Å². The molecule has 2 nitrogen and oxygen atoms in total. The summed E-state index contributed by atoms with van der Waals surface area (Å²) in [5.41, 5.74) is 3.02. The maximum atomic E-state index is 3.65. The van der Waals surface area contributed by atoms with Crippen LogP contribution in [-0.4, -0.2) is 31.1 Å². The Morgan fingerprint density at radius 3 is 2.76 bits per heavy atom. The number of hydrogen-bond donors (Lipinski definition) is 1. The van der Waals surface area contributed by atoms with E-state index in [1.165, 1.54) is 30.5 Å². The van der Waals surface area contributed by atoms with Gasteiger partial charge in [-0.05, 0) is 44.1 Å². The van der Waals surface area contributed by atoms with Crippen LogP contribution in [0.4, 0.5) is 0 Å². The van der Waals surface area contributed by atoms with E-state index in [0.717, 1.165) is 6.54 Å². The van der Waals surface area contributed by atoms with Crippen molar-refractivity contribution >= 4 is 0 Å². The van der Waals surface area contributed by atoms with Gasteiger partial charge in [0.15, 0.2) is 0 Å². The number of benzene rings is 1. The summed E-state index contributed by atoms with van der Waals surface area (Å²) < 4.78 is 0. The number of rotatable bonds is 5. The van der Waals surface area contributed by atoms with Gasteiger partial charge in [0.25, 0.3) is 0 Å². The Labute approximate surface area is 105 Å². The molecule has 0 spiro atoms. The van der Waals surface area contributed by atoms with Crippen LogP contribution < -0.4 is 5.32 Å². The topological polar surface area (TPSA) is 15.3 Å². The predicted octanol–water partition coefficient (Wildman–Crippen LogP) is 2.60. The minimum absolute atomic E-state index is 0.507. The van der Waals surface area contributed by atoms with Gasteiger partial charge < -0.3 is 10.2 Å². The van der Waals surface area contributed by atoms with Crippen LogP contribution >= 0.6 is 0 Å². The number of nitrogens with zero attached hydrogens (tertiary/aromatic N) is 1. The summed E-state index contributed by atoms with van der Waals surface area (Å²) in [7, 11) is 2.25. The molecule has 0 radical (unpaired) electrons. The van der Waals surface area contributed by atoms with Gasteiger partial charge in [-0.25, -0.2) is 0 Å². The molecule has 94 valence electrons. The maximum Gasteiger partial charge on any atom is 0.0483 e. The van der Waals surface area contributed by atoms with Crippen LogP contribution in [0, 0.1) is 0 Å². The number of fused-ring (bicyclic) bond motifs is 1. The van der Waals surface area contributed by atoms with Gasteiger partial charge in [-0.1, -0.05) is 38.1 Å². The Hall–Kier alpha value is -0.860. The van der Waals surface area contributed by atoms with Gasteiger partial charge in [0, 0.05) is 12.1 Å². The fourth-order valence-electron chi connectivity index (χ4n) is 2.97. The summed E-state index contributed by atoms with van der Waals surface area (Å²) in [5.74, 6) is 0. The van der Waals surface area contributed by atoms with Crippen molar-refractivity contribution in [2.24, 2.45) is 0 Å². The molecule has 0 saturated carbocycles. The summed E-state index contributed by atoms with van der Waals surface area (Å²) in [6.45, 7) is 6.66. The van der Waals surface area contributed by atoms with Crippen molar-refractivity contribution in [3.05, 3.63) is 35.4 Å². The Morgan fingerprint density at radius 1 is 1.29 bits per heavy atom. The molecule has 2 heteroatoms. The Balaban J connectivity index is 2.20. The third-order valence-corrected chi connectivity index (χ3v) is 3.77. The molecule has 2 rings (SSSR count). The van der Waals surface area contributed by atoms with E-state index in [1.54, 1.807) is 0 Å². The molecular formula is C15H24N2. The Morgan fingerprint density at radius 2 is 2.06 bits per heavy atom. The molecule has 17 heavy (non-hydrogen) atoms. The first-order chi connectivity index (χ1) is 8.27. The Kier molecular flexibility index (Phi) is 4.19. The molecule has 1 N–H and O–H groups in total. The monoisotopic (exact) mass is 232 g/mol. The molecule has 1 aliphatic carbocycles. The quantitative estimate of drug-likeness (QED) is 0.839. The third kappa shape index (κ3) is 2.53. The lowest BCUT2D eigenvalue weighted by molar-refractivity contribution is 0.205. The normalized spacial score (nSPS) is 23.1. The first-order valence-corrected chi connectivity index (χ1v) is 6.79. The minimum atomic E-state index is 0.507. The zero-order valence-corrected chi connectivity index (χ0v) is 11.2. The van der Waals surface area contributed by atoms with Gasteiger partial charge in [0.2, 0.25) is 0 Å². The zero-order valence-electron chi connectivity index (χ0n) is 11.2. The molecule has 1 aromatic carbocycles. The highest BCUT2D eigenvalue weighted by molar-refractivity contribution is 5.37. The fourth-order valence-corrected chi connectivity index (χ4v) is 2.97. The summed E-state index contributed by atoms with van der Waals surface area (Å²) in [6.07, 6.45) is 2.41. The van der Waals surface area contributed by atoms with Crippen LogP contribution in [0.2, 0.25) is 0 Å². The number of nitrogens with one attached hydrogen (secondary N) is 1.